The summed E-state index contributed by atoms with van der Waals surface area (Å²) in [5.41, 5.74) is -0.944. The second-order valence-corrected chi connectivity index (χ2v) is 5.14. The second-order valence-electron chi connectivity index (χ2n) is 4.73. The SMILES string of the molecule is CC1(C)[C@H](C(=O)[O-])[C@@H]1/C=C(/Cl)C(F)(F)C(F)(F)F.[K+]. The first-order chi connectivity index (χ1) is 7.83. The summed E-state index contributed by atoms with van der Waals surface area (Å²) in [6.07, 6.45) is -5.36. The number of allylic oxidation sites excluding steroid dienone is 2. The number of aliphatic carboxylic acids is 1. The number of halogens is 6. The Balaban J connectivity index is 0.00000324. The van der Waals surface area contributed by atoms with Gasteiger partial charge in [0.25, 0.3) is 0 Å². The van der Waals surface area contributed by atoms with Crippen molar-refractivity contribution in [3.05, 3.63) is 11.1 Å². The van der Waals surface area contributed by atoms with Crippen molar-refractivity contribution in [1.82, 2.24) is 0 Å². The molecule has 2 atom stereocenters. The minimum absolute atomic E-state index is 0. The number of carboxylic acid groups (broad SMARTS) is 1. The summed E-state index contributed by atoms with van der Waals surface area (Å²) in [5.74, 6) is -8.79. The van der Waals surface area contributed by atoms with E-state index in [-0.39, 0.29) is 51.4 Å². The molecule has 104 valence electrons. The van der Waals surface area contributed by atoms with Gasteiger partial charge < -0.3 is 9.90 Å². The molecular formula is C10H9ClF5KO2. The van der Waals surface area contributed by atoms with Crippen LogP contribution in [0.4, 0.5) is 22.0 Å². The van der Waals surface area contributed by atoms with Crippen molar-refractivity contribution in [2.24, 2.45) is 17.3 Å². The first-order valence-electron chi connectivity index (χ1n) is 4.86. The van der Waals surface area contributed by atoms with Crippen LogP contribution < -0.4 is 56.5 Å². The van der Waals surface area contributed by atoms with Crippen LogP contribution in [0.3, 0.4) is 0 Å². The zero-order chi connectivity index (χ0) is 14.5. The summed E-state index contributed by atoms with van der Waals surface area (Å²) in [4.78, 5) is 10.6. The smallest absolute Gasteiger partial charge is 0.550 e. The molecule has 0 aromatic heterocycles. The van der Waals surface area contributed by atoms with Gasteiger partial charge in [0.05, 0.1) is 5.03 Å². The molecule has 0 spiro atoms. The number of rotatable bonds is 3. The number of carbonyl (C=O) groups is 1. The Labute approximate surface area is 153 Å². The topological polar surface area (TPSA) is 40.1 Å². The number of alkyl halides is 5. The fraction of sp³-hybridized carbons (Fsp3) is 0.700. The molecule has 0 aromatic carbocycles. The Morgan fingerprint density at radius 2 is 1.68 bits per heavy atom. The van der Waals surface area contributed by atoms with Gasteiger partial charge in [0.15, 0.2) is 0 Å². The van der Waals surface area contributed by atoms with Gasteiger partial charge in [-0.1, -0.05) is 31.5 Å². The third-order valence-corrected chi connectivity index (χ3v) is 3.51. The second kappa shape index (κ2) is 5.88. The number of carbonyl (C=O) groups excluding carboxylic acids is 1. The maximum Gasteiger partial charge on any atom is 1.00 e. The van der Waals surface area contributed by atoms with E-state index >= 15 is 0 Å². The quantitative estimate of drug-likeness (QED) is 0.509. The molecule has 0 radical (unpaired) electrons. The minimum atomic E-state index is -5.81. The van der Waals surface area contributed by atoms with Crippen molar-refractivity contribution >= 4 is 17.6 Å². The molecule has 0 unspecified atom stereocenters. The fourth-order valence-electron chi connectivity index (χ4n) is 1.84. The van der Waals surface area contributed by atoms with Crippen molar-refractivity contribution in [3.63, 3.8) is 0 Å². The van der Waals surface area contributed by atoms with Crippen molar-refractivity contribution in [1.29, 1.82) is 0 Å². The number of carboxylic acids is 1. The van der Waals surface area contributed by atoms with Crippen LogP contribution in [0.2, 0.25) is 0 Å². The van der Waals surface area contributed by atoms with Gasteiger partial charge in [-0.15, -0.1) is 0 Å². The molecule has 0 heterocycles. The Hall–Kier alpha value is 0.786. The van der Waals surface area contributed by atoms with Crippen LogP contribution in [0, 0.1) is 17.3 Å². The first kappa shape index (κ1) is 19.8. The summed E-state index contributed by atoms with van der Waals surface area (Å²) in [5, 5.41) is 8.91. The molecule has 1 saturated carbocycles. The molecular weight excluding hydrogens is 322 g/mol. The molecule has 1 aliphatic rings. The van der Waals surface area contributed by atoms with Gasteiger partial charge >= 0.3 is 63.5 Å². The Morgan fingerprint density at radius 1 is 1.26 bits per heavy atom. The summed E-state index contributed by atoms with van der Waals surface area (Å²) < 4.78 is 61.6. The molecule has 1 aliphatic carbocycles. The van der Waals surface area contributed by atoms with E-state index in [9.17, 15) is 31.9 Å². The predicted molar refractivity (Wildman–Crippen MR) is 50.7 cm³/mol. The van der Waals surface area contributed by atoms with Crippen LogP contribution >= 0.6 is 11.6 Å². The summed E-state index contributed by atoms with van der Waals surface area (Å²) in [6, 6.07) is 0. The van der Waals surface area contributed by atoms with Gasteiger partial charge in [0, 0.05) is 11.9 Å². The molecule has 0 aromatic rings. The van der Waals surface area contributed by atoms with Gasteiger partial charge in [0.1, 0.15) is 0 Å². The molecule has 0 saturated heterocycles. The van der Waals surface area contributed by atoms with Crippen LogP contribution in [-0.2, 0) is 4.79 Å². The molecule has 0 amide bonds. The normalized spacial score (nSPS) is 26.6. The van der Waals surface area contributed by atoms with Crippen LogP contribution in [0.15, 0.2) is 11.1 Å². The summed E-state index contributed by atoms with van der Waals surface area (Å²) >= 11 is 4.97. The molecule has 9 heteroatoms. The Morgan fingerprint density at radius 3 is 1.95 bits per heavy atom. The van der Waals surface area contributed by atoms with E-state index in [1.807, 2.05) is 0 Å². The maximum atomic E-state index is 12.8. The van der Waals surface area contributed by atoms with Crippen LogP contribution in [0.1, 0.15) is 13.8 Å². The third-order valence-electron chi connectivity index (χ3n) is 3.15. The van der Waals surface area contributed by atoms with Gasteiger partial charge in [-0.2, -0.15) is 22.0 Å². The van der Waals surface area contributed by atoms with Gasteiger partial charge in [-0.25, -0.2) is 0 Å². The summed E-state index contributed by atoms with van der Waals surface area (Å²) in [7, 11) is 0. The average molecular weight is 331 g/mol. The van der Waals surface area contributed by atoms with Crippen LogP contribution in [0.25, 0.3) is 0 Å². The maximum absolute atomic E-state index is 12.8. The monoisotopic (exact) mass is 330 g/mol. The van der Waals surface area contributed by atoms with Crippen molar-refractivity contribution in [3.8, 4) is 0 Å². The fourth-order valence-corrected chi connectivity index (χ4v) is 2.08. The van der Waals surface area contributed by atoms with Crippen LogP contribution in [-0.4, -0.2) is 18.1 Å². The predicted octanol–water partition coefficient (Wildman–Crippen LogP) is -0.667. The average Bonchev–Trinajstić information content (AvgIpc) is 2.65. The number of hydrogen-bond acceptors (Lipinski definition) is 2. The molecule has 0 aliphatic heterocycles. The van der Waals surface area contributed by atoms with E-state index in [1.54, 1.807) is 0 Å². The molecule has 19 heavy (non-hydrogen) atoms. The van der Waals surface area contributed by atoms with Crippen molar-refractivity contribution in [2.75, 3.05) is 0 Å². The van der Waals surface area contributed by atoms with E-state index in [4.69, 9.17) is 11.6 Å². The largest absolute Gasteiger partial charge is 1.00 e. The van der Waals surface area contributed by atoms with Gasteiger partial charge in [-0.05, 0) is 11.3 Å². The Bertz CT molecular complexity index is 405. The van der Waals surface area contributed by atoms with E-state index in [2.05, 4.69) is 0 Å². The molecule has 0 bridgehead atoms. The molecule has 2 nitrogen and oxygen atoms in total. The van der Waals surface area contributed by atoms with E-state index in [0.717, 1.165) is 0 Å². The van der Waals surface area contributed by atoms with Crippen LogP contribution in [0.5, 0.6) is 0 Å². The molecule has 0 N–H and O–H groups in total. The molecule has 1 rings (SSSR count). The van der Waals surface area contributed by atoms with Gasteiger partial charge in [-0.3, -0.25) is 0 Å². The number of hydrogen-bond donors (Lipinski definition) is 0. The molecule has 1 fully saturated rings. The van der Waals surface area contributed by atoms with E-state index in [0.29, 0.717) is 6.08 Å². The van der Waals surface area contributed by atoms with E-state index < -0.39 is 40.4 Å². The summed E-state index contributed by atoms with van der Waals surface area (Å²) in [6.45, 7) is 2.84. The van der Waals surface area contributed by atoms with Crippen molar-refractivity contribution in [2.45, 2.75) is 25.9 Å². The van der Waals surface area contributed by atoms with Crippen molar-refractivity contribution < 1.29 is 83.2 Å². The Kier molecular flexibility index (Phi) is 6.13. The zero-order valence-electron chi connectivity index (χ0n) is 10.3. The van der Waals surface area contributed by atoms with E-state index in [1.165, 1.54) is 13.8 Å². The standard InChI is InChI=1S/C10H10ClF5O2.K/c1-8(2)4(6(8)7(17)18)3-5(11)9(12,13)10(14,15)16;/h3-4,6H,1-2H3,(H,17,18);/q;+1/p-1/b5-3+;/t4-,6-;/m0./s1. The minimum Gasteiger partial charge on any atom is -0.550 e. The third kappa shape index (κ3) is 3.71. The first-order valence-corrected chi connectivity index (χ1v) is 5.24. The van der Waals surface area contributed by atoms with Gasteiger partial charge in [0.2, 0.25) is 0 Å². The zero-order valence-corrected chi connectivity index (χ0v) is 14.2.